The highest BCUT2D eigenvalue weighted by atomic mass is 16.6. The maximum Gasteiger partial charge on any atom is 0.331 e. The van der Waals surface area contributed by atoms with Gasteiger partial charge in [-0.15, -0.1) is 0 Å². The van der Waals surface area contributed by atoms with E-state index in [4.69, 9.17) is 11.5 Å². The zero-order valence-corrected chi connectivity index (χ0v) is 17.3. The molecule has 0 aromatic heterocycles. The van der Waals surface area contributed by atoms with Crippen molar-refractivity contribution in [2.24, 2.45) is 23.3 Å². The van der Waals surface area contributed by atoms with Crippen LogP contribution in [0.2, 0.25) is 0 Å². The van der Waals surface area contributed by atoms with Crippen LogP contribution >= 0.6 is 0 Å². The number of carbonyl (C=O) groups excluding carboxylic acids is 2. The molecule has 4 atom stereocenters. The number of aliphatic carboxylic acids is 2. The number of hydrogen-bond donors (Lipinski definition) is 4. The van der Waals surface area contributed by atoms with Crippen LogP contribution in [-0.4, -0.2) is 46.2 Å². The van der Waals surface area contributed by atoms with Gasteiger partial charge >= 0.3 is 23.9 Å². The van der Waals surface area contributed by atoms with Gasteiger partial charge < -0.3 is 26.4 Å². The predicted octanol–water partition coefficient (Wildman–Crippen LogP) is 0.988. The van der Waals surface area contributed by atoms with Gasteiger partial charge in [0.1, 0.15) is 12.1 Å². The Hall–Kier alpha value is -3.56. The van der Waals surface area contributed by atoms with Crippen molar-refractivity contribution in [1.29, 1.82) is 0 Å². The van der Waals surface area contributed by atoms with E-state index in [-0.39, 0.29) is 19.3 Å². The minimum atomic E-state index is -1.61. The van der Waals surface area contributed by atoms with Gasteiger partial charge in [-0.2, -0.15) is 0 Å². The Kier molecular flexibility index (Phi) is 9.06. The van der Waals surface area contributed by atoms with Crippen LogP contribution in [0.1, 0.15) is 17.5 Å². The minimum Gasteiger partial charge on any atom is -0.481 e. The van der Waals surface area contributed by atoms with E-state index in [0.717, 1.165) is 5.56 Å². The molecule has 0 saturated carbocycles. The third kappa shape index (κ3) is 7.29. The maximum atomic E-state index is 12.3. The summed E-state index contributed by atoms with van der Waals surface area (Å²) in [6.45, 7) is 0. The van der Waals surface area contributed by atoms with Gasteiger partial charge in [-0.25, -0.2) is 9.59 Å². The molecule has 0 fully saturated rings. The third-order valence-corrected chi connectivity index (χ3v) is 5.04. The van der Waals surface area contributed by atoms with E-state index in [2.05, 4.69) is 4.74 Å². The van der Waals surface area contributed by atoms with E-state index >= 15 is 0 Å². The monoisotopic (exact) mass is 442 g/mol. The first-order valence-electron chi connectivity index (χ1n) is 9.99. The summed E-state index contributed by atoms with van der Waals surface area (Å²) in [4.78, 5) is 47.7. The van der Waals surface area contributed by atoms with Crippen LogP contribution in [0, 0.1) is 11.8 Å². The fourth-order valence-electron chi connectivity index (χ4n) is 3.22. The Morgan fingerprint density at radius 1 is 0.750 bits per heavy atom. The summed E-state index contributed by atoms with van der Waals surface area (Å²) in [5, 5.41) is 18.9. The lowest BCUT2D eigenvalue weighted by Gasteiger charge is -2.20. The lowest BCUT2D eigenvalue weighted by atomic mass is 9.92. The summed E-state index contributed by atoms with van der Waals surface area (Å²) in [6.07, 6.45) is -0.161. The molecule has 2 rings (SSSR count). The van der Waals surface area contributed by atoms with E-state index in [1.54, 1.807) is 60.7 Å². The topological polar surface area (TPSA) is 170 Å². The molecule has 0 radical (unpaired) electrons. The van der Waals surface area contributed by atoms with Gasteiger partial charge in [0.15, 0.2) is 0 Å². The molecule has 2 unspecified atom stereocenters. The van der Waals surface area contributed by atoms with Crippen molar-refractivity contribution in [2.75, 3.05) is 0 Å². The molecule has 0 aliphatic rings. The normalized spacial score (nSPS) is 14.6. The fourth-order valence-corrected chi connectivity index (χ4v) is 3.22. The average molecular weight is 442 g/mol. The standard InChI is InChI=1S/C23H26N2O7/c24-18(13-16(20(26)27)11-14-7-3-1-4-8-14)22(30)32-23(31)19(25)17(21(28)29)12-15-9-5-2-6-10-15/h1-10,16-19H,11-13,24-25H2,(H,26,27)(H,28,29)/t16?,17?,18-,19-/m0/s1. The van der Waals surface area contributed by atoms with Gasteiger partial charge in [-0.05, 0) is 30.4 Å². The largest absolute Gasteiger partial charge is 0.481 e. The highest BCUT2D eigenvalue weighted by molar-refractivity contribution is 5.93. The first kappa shape index (κ1) is 24.7. The first-order chi connectivity index (χ1) is 15.2. The lowest BCUT2D eigenvalue weighted by molar-refractivity contribution is -0.165. The van der Waals surface area contributed by atoms with E-state index in [0.29, 0.717) is 5.56 Å². The lowest BCUT2D eigenvalue weighted by Crippen LogP contribution is -2.47. The highest BCUT2D eigenvalue weighted by Gasteiger charge is 2.35. The van der Waals surface area contributed by atoms with Crippen LogP contribution in [0.3, 0.4) is 0 Å². The first-order valence-corrected chi connectivity index (χ1v) is 9.99. The Bertz CT molecular complexity index is 934. The molecule has 0 spiro atoms. The highest BCUT2D eigenvalue weighted by Crippen LogP contribution is 2.16. The molecule has 2 aromatic carbocycles. The van der Waals surface area contributed by atoms with Crippen LogP contribution in [0.15, 0.2) is 60.7 Å². The van der Waals surface area contributed by atoms with Crippen molar-refractivity contribution < 1.29 is 34.1 Å². The summed E-state index contributed by atoms with van der Waals surface area (Å²) in [6, 6.07) is 14.4. The fraction of sp³-hybridized carbons (Fsp3) is 0.304. The van der Waals surface area contributed by atoms with Crippen LogP contribution in [0.25, 0.3) is 0 Å². The number of esters is 2. The molecule has 32 heavy (non-hydrogen) atoms. The Labute approximate surface area is 185 Å². The Morgan fingerprint density at radius 3 is 1.72 bits per heavy atom. The number of carboxylic acids is 2. The van der Waals surface area contributed by atoms with Crippen LogP contribution < -0.4 is 11.5 Å². The molecule has 0 saturated heterocycles. The molecule has 9 heteroatoms. The number of carboxylic acid groups (broad SMARTS) is 2. The third-order valence-electron chi connectivity index (χ3n) is 5.04. The van der Waals surface area contributed by atoms with Crippen molar-refractivity contribution in [3.05, 3.63) is 71.8 Å². The Balaban J connectivity index is 1.98. The van der Waals surface area contributed by atoms with E-state index < -0.39 is 47.8 Å². The molecule has 0 aliphatic heterocycles. The van der Waals surface area contributed by atoms with Crippen LogP contribution in [0.5, 0.6) is 0 Å². The summed E-state index contributed by atoms with van der Waals surface area (Å²) in [5.41, 5.74) is 12.9. The molecule has 6 N–H and O–H groups in total. The van der Waals surface area contributed by atoms with E-state index in [1.165, 1.54) is 0 Å². The summed E-state index contributed by atoms with van der Waals surface area (Å²) in [5.74, 6) is -7.15. The summed E-state index contributed by atoms with van der Waals surface area (Å²) < 4.78 is 4.69. The number of ether oxygens (including phenoxy) is 1. The molecule has 9 nitrogen and oxygen atoms in total. The minimum absolute atomic E-state index is 0.0369. The van der Waals surface area contributed by atoms with E-state index in [1.807, 2.05) is 0 Å². The number of carbonyl (C=O) groups is 4. The molecule has 0 heterocycles. The van der Waals surface area contributed by atoms with Crippen molar-refractivity contribution in [2.45, 2.75) is 31.3 Å². The summed E-state index contributed by atoms with van der Waals surface area (Å²) in [7, 11) is 0. The van der Waals surface area contributed by atoms with Gasteiger partial charge in [0.2, 0.25) is 0 Å². The average Bonchev–Trinajstić information content (AvgIpc) is 2.77. The molecule has 170 valence electrons. The Morgan fingerprint density at radius 2 is 1.25 bits per heavy atom. The second-order valence-corrected chi connectivity index (χ2v) is 7.47. The smallest absolute Gasteiger partial charge is 0.331 e. The van der Waals surface area contributed by atoms with Gasteiger partial charge in [0.05, 0.1) is 11.8 Å². The van der Waals surface area contributed by atoms with Crippen molar-refractivity contribution in [3.8, 4) is 0 Å². The van der Waals surface area contributed by atoms with Crippen molar-refractivity contribution in [1.82, 2.24) is 0 Å². The maximum absolute atomic E-state index is 12.3. The molecular formula is C23H26N2O7. The SMILES string of the molecule is N[C@H](C(=O)OC(=O)[C@@H](N)CC(Cc1ccccc1)C(=O)O)C(Cc1ccccc1)C(=O)O. The van der Waals surface area contributed by atoms with Crippen molar-refractivity contribution in [3.63, 3.8) is 0 Å². The molecule has 0 aliphatic carbocycles. The quantitative estimate of drug-likeness (QED) is 0.293. The predicted molar refractivity (Wildman–Crippen MR) is 114 cm³/mol. The zero-order valence-electron chi connectivity index (χ0n) is 17.3. The number of benzene rings is 2. The molecule has 0 amide bonds. The van der Waals surface area contributed by atoms with Crippen LogP contribution in [-0.2, 0) is 36.8 Å². The zero-order chi connectivity index (χ0) is 23.7. The van der Waals surface area contributed by atoms with Gasteiger partial charge in [-0.1, -0.05) is 60.7 Å². The van der Waals surface area contributed by atoms with Gasteiger partial charge in [0.25, 0.3) is 0 Å². The second-order valence-electron chi connectivity index (χ2n) is 7.47. The van der Waals surface area contributed by atoms with Crippen LogP contribution in [0.4, 0.5) is 0 Å². The number of hydrogen-bond acceptors (Lipinski definition) is 7. The number of nitrogens with two attached hydrogens (primary N) is 2. The van der Waals surface area contributed by atoms with Gasteiger partial charge in [0, 0.05) is 0 Å². The summed E-state index contributed by atoms with van der Waals surface area (Å²) >= 11 is 0. The molecule has 2 aromatic rings. The molecular weight excluding hydrogens is 416 g/mol. The van der Waals surface area contributed by atoms with E-state index in [9.17, 15) is 29.4 Å². The second kappa shape index (κ2) is 11.7. The number of rotatable bonds is 11. The van der Waals surface area contributed by atoms with Gasteiger partial charge in [-0.3, -0.25) is 9.59 Å². The van der Waals surface area contributed by atoms with Crippen molar-refractivity contribution >= 4 is 23.9 Å². The molecule has 0 bridgehead atoms.